The van der Waals surface area contributed by atoms with Crippen LogP contribution in [-0.4, -0.2) is 17.4 Å². The van der Waals surface area contributed by atoms with Crippen LogP contribution in [0.2, 0.25) is 0 Å². The Kier molecular flexibility index (Phi) is 6.31. The van der Waals surface area contributed by atoms with Crippen molar-refractivity contribution in [2.45, 2.75) is 26.4 Å². The van der Waals surface area contributed by atoms with Gasteiger partial charge in [0.05, 0.1) is 0 Å². The molecular formula is C22H21NO2. The van der Waals surface area contributed by atoms with Gasteiger partial charge in [0, 0.05) is 5.56 Å². The van der Waals surface area contributed by atoms with E-state index in [4.69, 9.17) is 4.74 Å². The van der Waals surface area contributed by atoms with Crippen molar-refractivity contribution in [3.05, 3.63) is 77.9 Å². The molecule has 0 bridgehead atoms. The molecule has 0 aliphatic heterocycles. The molecule has 2 rings (SSSR count). The van der Waals surface area contributed by atoms with Gasteiger partial charge in [-0.15, -0.1) is 0 Å². The minimum atomic E-state index is -0.650. The fourth-order valence-electron chi connectivity index (χ4n) is 1.89. The van der Waals surface area contributed by atoms with Crippen LogP contribution in [0.4, 0.5) is 4.79 Å². The van der Waals surface area contributed by atoms with Crippen molar-refractivity contribution >= 4 is 17.9 Å². The Bertz CT molecular complexity index is 817. The highest BCUT2D eigenvalue weighted by Crippen LogP contribution is 2.08. The Morgan fingerprint density at radius 1 is 1.00 bits per heavy atom. The lowest BCUT2D eigenvalue weighted by Gasteiger charge is -2.17. The Labute approximate surface area is 149 Å². The largest absolute Gasteiger partial charge is 0.442 e. The maximum atomic E-state index is 12.0. The van der Waals surface area contributed by atoms with Gasteiger partial charge in [-0.25, -0.2) is 4.79 Å². The molecule has 3 heteroatoms. The summed E-state index contributed by atoms with van der Waals surface area (Å²) >= 11 is 0. The maximum absolute atomic E-state index is 12.0. The van der Waals surface area contributed by atoms with E-state index in [0.29, 0.717) is 5.71 Å². The molecule has 0 radical (unpaired) electrons. The lowest BCUT2D eigenvalue weighted by Crippen LogP contribution is -2.22. The second-order valence-corrected chi connectivity index (χ2v) is 6.34. The van der Waals surface area contributed by atoms with E-state index in [-0.39, 0.29) is 0 Å². The van der Waals surface area contributed by atoms with E-state index >= 15 is 0 Å². The highest BCUT2D eigenvalue weighted by molar-refractivity contribution is 6.14. The third-order valence-corrected chi connectivity index (χ3v) is 2.95. The third kappa shape index (κ3) is 7.32. The van der Waals surface area contributed by atoms with Gasteiger partial charge in [-0.3, -0.25) is 0 Å². The number of carbonyl (C=O) groups is 1. The van der Waals surface area contributed by atoms with E-state index in [9.17, 15) is 4.79 Å². The first-order chi connectivity index (χ1) is 11.9. The lowest BCUT2D eigenvalue weighted by atomic mass is 10.2. The van der Waals surface area contributed by atoms with Gasteiger partial charge < -0.3 is 4.74 Å². The van der Waals surface area contributed by atoms with Crippen LogP contribution in [0.15, 0.2) is 71.7 Å². The van der Waals surface area contributed by atoms with Crippen LogP contribution in [-0.2, 0) is 4.74 Å². The van der Waals surface area contributed by atoms with Crippen molar-refractivity contribution in [3.8, 4) is 11.8 Å². The van der Waals surface area contributed by atoms with Crippen LogP contribution in [0.5, 0.6) is 0 Å². The molecule has 0 aliphatic rings. The van der Waals surface area contributed by atoms with E-state index in [2.05, 4.69) is 16.8 Å². The van der Waals surface area contributed by atoms with E-state index in [1.165, 1.54) is 0 Å². The van der Waals surface area contributed by atoms with Crippen LogP contribution >= 0.6 is 0 Å². The predicted molar refractivity (Wildman–Crippen MR) is 102 cm³/mol. The van der Waals surface area contributed by atoms with Crippen LogP contribution in [0.1, 0.15) is 31.9 Å². The standard InChI is InChI=1S/C22H21NO2/c1-22(2,3)25-21(24)23-20(16-14-18-10-6-4-7-11-18)17-15-19-12-8-5-9-13-19/h4-14,16H,1-3H3/b16-14+,23-20-. The summed E-state index contributed by atoms with van der Waals surface area (Å²) in [5, 5.41) is 0. The van der Waals surface area contributed by atoms with E-state index in [0.717, 1.165) is 11.1 Å². The zero-order valence-corrected chi connectivity index (χ0v) is 14.7. The van der Waals surface area contributed by atoms with Crippen molar-refractivity contribution in [3.63, 3.8) is 0 Å². The zero-order valence-electron chi connectivity index (χ0n) is 14.7. The summed E-state index contributed by atoms with van der Waals surface area (Å²) < 4.78 is 5.24. The highest BCUT2D eigenvalue weighted by Gasteiger charge is 2.15. The van der Waals surface area contributed by atoms with Gasteiger partial charge in [-0.2, -0.15) is 4.99 Å². The van der Waals surface area contributed by atoms with Crippen molar-refractivity contribution in [2.24, 2.45) is 4.99 Å². The average Bonchev–Trinajstić information content (AvgIpc) is 2.57. The van der Waals surface area contributed by atoms with Crippen molar-refractivity contribution in [1.82, 2.24) is 0 Å². The fraction of sp³-hybridized carbons (Fsp3) is 0.182. The number of benzene rings is 2. The van der Waals surface area contributed by atoms with E-state index in [1.54, 1.807) is 26.8 Å². The van der Waals surface area contributed by atoms with E-state index in [1.807, 2.05) is 66.7 Å². The molecule has 0 saturated carbocycles. The number of carbonyl (C=O) groups excluding carboxylic acids is 1. The summed E-state index contributed by atoms with van der Waals surface area (Å²) in [5.41, 5.74) is 1.61. The molecule has 0 unspecified atom stereocenters. The molecule has 0 fully saturated rings. The van der Waals surface area contributed by atoms with Crippen molar-refractivity contribution in [2.75, 3.05) is 0 Å². The van der Waals surface area contributed by atoms with Gasteiger partial charge in [-0.1, -0.05) is 60.5 Å². The number of hydrogen-bond donors (Lipinski definition) is 0. The highest BCUT2D eigenvalue weighted by atomic mass is 16.6. The summed E-state index contributed by atoms with van der Waals surface area (Å²) in [6.07, 6.45) is 2.93. The maximum Gasteiger partial charge on any atom is 0.435 e. The van der Waals surface area contributed by atoms with Gasteiger partial charge in [0.15, 0.2) is 0 Å². The number of nitrogens with zero attached hydrogens (tertiary/aromatic N) is 1. The number of amides is 1. The third-order valence-electron chi connectivity index (χ3n) is 2.95. The van der Waals surface area contributed by atoms with Gasteiger partial charge >= 0.3 is 6.09 Å². The predicted octanol–water partition coefficient (Wildman–Crippen LogP) is 5.13. The molecule has 25 heavy (non-hydrogen) atoms. The minimum Gasteiger partial charge on any atom is -0.442 e. The first kappa shape index (κ1) is 18.2. The Morgan fingerprint density at radius 2 is 1.60 bits per heavy atom. The summed E-state index contributed by atoms with van der Waals surface area (Å²) in [6, 6.07) is 19.3. The lowest BCUT2D eigenvalue weighted by molar-refractivity contribution is 0.0605. The molecule has 0 atom stereocenters. The zero-order chi connectivity index (χ0) is 18.1. The summed E-state index contributed by atoms with van der Waals surface area (Å²) in [6.45, 7) is 5.40. The van der Waals surface area contributed by atoms with E-state index < -0.39 is 11.7 Å². The second kappa shape index (κ2) is 8.65. The smallest absolute Gasteiger partial charge is 0.435 e. The topological polar surface area (TPSA) is 38.7 Å². The van der Waals surface area contributed by atoms with Crippen LogP contribution in [0.25, 0.3) is 6.08 Å². The molecule has 0 spiro atoms. The molecule has 0 aliphatic carbocycles. The summed E-state index contributed by atoms with van der Waals surface area (Å²) in [4.78, 5) is 16.0. The number of aliphatic imine (C=N–C) groups is 1. The number of hydrogen-bond acceptors (Lipinski definition) is 2. The number of ether oxygens (including phenoxy) is 1. The van der Waals surface area contributed by atoms with Crippen molar-refractivity contribution < 1.29 is 9.53 Å². The van der Waals surface area contributed by atoms with Gasteiger partial charge in [0.2, 0.25) is 0 Å². The quantitative estimate of drug-likeness (QED) is 0.565. The Morgan fingerprint density at radius 3 is 2.20 bits per heavy atom. The molecule has 3 nitrogen and oxygen atoms in total. The molecule has 126 valence electrons. The van der Waals surface area contributed by atoms with Crippen LogP contribution in [0, 0.1) is 11.8 Å². The monoisotopic (exact) mass is 331 g/mol. The normalized spacial score (nSPS) is 11.7. The first-order valence-corrected chi connectivity index (χ1v) is 8.04. The molecule has 2 aromatic rings. The Hall–Kier alpha value is -3.12. The van der Waals surface area contributed by atoms with Crippen molar-refractivity contribution in [1.29, 1.82) is 0 Å². The summed E-state index contributed by atoms with van der Waals surface area (Å²) in [7, 11) is 0. The molecule has 0 heterocycles. The second-order valence-electron chi connectivity index (χ2n) is 6.34. The Balaban J connectivity index is 2.26. The van der Waals surface area contributed by atoms with Gasteiger partial charge in [0.1, 0.15) is 11.3 Å². The van der Waals surface area contributed by atoms with Crippen LogP contribution in [0.3, 0.4) is 0 Å². The number of rotatable bonds is 2. The van der Waals surface area contributed by atoms with Gasteiger partial charge in [-0.05, 0) is 50.5 Å². The number of allylic oxidation sites excluding steroid dienone is 1. The molecule has 2 aromatic carbocycles. The molecule has 0 saturated heterocycles. The molecule has 1 amide bonds. The average molecular weight is 331 g/mol. The first-order valence-electron chi connectivity index (χ1n) is 8.04. The molecule has 0 aromatic heterocycles. The molecular weight excluding hydrogens is 310 g/mol. The molecule has 0 N–H and O–H groups in total. The minimum absolute atomic E-state index is 0.349. The fourth-order valence-corrected chi connectivity index (χ4v) is 1.89. The summed E-state index contributed by atoms with van der Waals surface area (Å²) in [5.74, 6) is 5.94. The SMILES string of the molecule is CC(C)(C)OC(=O)/N=C(C#Cc1ccccc1)/C=C/c1ccccc1. The van der Waals surface area contributed by atoms with Gasteiger partial charge in [0.25, 0.3) is 0 Å². The van der Waals surface area contributed by atoms with Crippen LogP contribution < -0.4 is 0 Å².